The second-order valence-corrected chi connectivity index (χ2v) is 8.92. The van der Waals surface area contributed by atoms with Crippen LogP contribution in [-0.2, 0) is 22.0 Å². The van der Waals surface area contributed by atoms with Crippen LogP contribution in [-0.4, -0.2) is 20.9 Å². The highest BCUT2D eigenvalue weighted by Crippen LogP contribution is 2.23. The van der Waals surface area contributed by atoms with Crippen molar-refractivity contribution in [2.24, 2.45) is 0 Å². The topological polar surface area (TPSA) is 75.3 Å². The van der Waals surface area contributed by atoms with E-state index in [-0.39, 0.29) is 22.8 Å². The lowest BCUT2D eigenvalue weighted by atomic mass is 9.87. The third-order valence-corrected chi connectivity index (χ3v) is 5.47. The normalized spacial score (nSPS) is 12.0. The molecule has 1 amide bonds. The molecular weight excluding hydrogens is 348 g/mol. The van der Waals surface area contributed by atoms with Gasteiger partial charge in [0, 0.05) is 18.7 Å². The maximum Gasteiger partial charge on any atom is 0.251 e. The van der Waals surface area contributed by atoms with E-state index in [2.05, 4.69) is 30.8 Å². The van der Waals surface area contributed by atoms with Gasteiger partial charge in [0.1, 0.15) is 0 Å². The van der Waals surface area contributed by atoms with Crippen molar-refractivity contribution in [2.45, 2.75) is 44.6 Å². The van der Waals surface area contributed by atoms with Crippen LogP contribution in [0.5, 0.6) is 0 Å². The molecule has 0 bridgehead atoms. The molecule has 2 rings (SSSR count). The molecule has 0 atom stereocenters. The number of carbonyl (C=O) groups is 1. The average molecular weight is 375 g/mol. The van der Waals surface area contributed by atoms with Crippen molar-refractivity contribution in [1.29, 1.82) is 0 Å². The first-order valence-electron chi connectivity index (χ1n) is 8.61. The fraction of sp³-hybridized carbons (Fsp3) is 0.350. The average Bonchev–Trinajstić information content (AvgIpc) is 2.60. The molecule has 0 aliphatic carbocycles. The summed E-state index contributed by atoms with van der Waals surface area (Å²) >= 11 is 0. The summed E-state index contributed by atoms with van der Waals surface area (Å²) < 4.78 is 27.5. The summed E-state index contributed by atoms with van der Waals surface area (Å²) in [5.41, 5.74) is 2.39. The first-order valence-corrected chi connectivity index (χ1v) is 10.1. The first kappa shape index (κ1) is 20.1. The van der Waals surface area contributed by atoms with Gasteiger partial charge >= 0.3 is 0 Å². The van der Waals surface area contributed by atoms with Gasteiger partial charge in [0.05, 0.1) is 4.90 Å². The molecule has 0 spiro atoms. The summed E-state index contributed by atoms with van der Waals surface area (Å²) in [6.07, 6.45) is 0. The number of rotatable bonds is 6. The lowest BCUT2D eigenvalue weighted by Gasteiger charge is -2.19. The molecule has 0 radical (unpaired) electrons. The van der Waals surface area contributed by atoms with E-state index in [9.17, 15) is 13.2 Å². The van der Waals surface area contributed by atoms with Crippen LogP contribution >= 0.6 is 0 Å². The molecule has 2 aromatic carbocycles. The summed E-state index contributed by atoms with van der Waals surface area (Å²) in [4.78, 5) is 12.0. The van der Waals surface area contributed by atoms with Crippen molar-refractivity contribution in [3.8, 4) is 0 Å². The van der Waals surface area contributed by atoms with Gasteiger partial charge in [-0.05, 0) is 47.7 Å². The van der Waals surface area contributed by atoms with Crippen LogP contribution in [0.1, 0.15) is 49.2 Å². The van der Waals surface area contributed by atoms with Gasteiger partial charge < -0.3 is 5.32 Å². The Balaban J connectivity index is 2.05. The number of hydrogen-bond acceptors (Lipinski definition) is 3. The molecule has 0 aliphatic heterocycles. The highest BCUT2D eigenvalue weighted by molar-refractivity contribution is 7.89. The predicted molar refractivity (Wildman–Crippen MR) is 104 cm³/mol. The molecule has 0 saturated heterocycles. The molecule has 0 fully saturated rings. The van der Waals surface area contributed by atoms with E-state index in [4.69, 9.17) is 0 Å². The largest absolute Gasteiger partial charge is 0.352 e. The summed E-state index contributed by atoms with van der Waals surface area (Å²) in [6.45, 7) is 8.83. The molecule has 0 heterocycles. The van der Waals surface area contributed by atoms with E-state index in [1.54, 1.807) is 36.4 Å². The Hall–Kier alpha value is -2.18. The number of sulfonamides is 1. The van der Waals surface area contributed by atoms with Gasteiger partial charge in [0.15, 0.2) is 0 Å². The van der Waals surface area contributed by atoms with Crippen LogP contribution in [0.3, 0.4) is 0 Å². The van der Waals surface area contributed by atoms with Crippen LogP contribution in [0.2, 0.25) is 0 Å². The maximum absolute atomic E-state index is 12.5. The number of amides is 1. The zero-order chi connectivity index (χ0) is 19.4. The van der Waals surface area contributed by atoms with Gasteiger partial charge in [-0.25, -0.2) is 13.1 Å². The highest BCUT2D eigenvalue weighted by atomic mass is 32.2. The van der Waals surface area contributed by atoms with E-state index in [1.165, 1.54) is 0 Å². The summed E-state index contributed by atoms with van der Waals surface area (Å²) in [5.74, 6) is -0.140. The summed E-state index contributed by atoms with van der Waals surface area (Å²) in [5, 5.41) is 2.72. The smallest absolute Gasteiger partial charge is 0.251 e. The first-order chi connectivity index (χ1) is 12.1. The lowest BCUT2D eigenvalue weighted by molar-refractivity contribution is 0.0956. The van der Waals surface area contributed by atoms with Gasteiger partial charge in [-0.1, -0.05) is 45.0 Å². The number of hydrogen-bond donors (Lipinski definition) is 2. The molecule has 6 heteroatoms. The molecule has 2 N–H and O–H groups in total. The zero-order valence-corrected chi connectivity index (χ0v) is 16.5. The molecular formula is C20H26N2O3S. The van der Waals surface area contributed by atoms with E-state index in [1.807, 2.05) is 19.1 Å². The van der Waals surface area contributed by atoms with Crippen molar-refractivity contribution < 1.29 is 13.2 Å². The summed E-state index contributed by atoms with van der Waals surface area (Å²) in [6, 6.07) is 13.8. The quantitative estimate of drug-likeness (QED) is 0.815. The molecule has 0 aromatic heterocycles. The minimum atomic E-state index is -3.59. The van der Waals surface area contributed by atoms with Crippen molar-refractivity contribution in [1.82, 2.24) is 10.0 Å². The van der Waals surface area contributed by atoms with Crippen LogP contribution in [0, 0.1) is 0 Å². The fourth-order valence-electron chi connectivity index (χ4n) is 2.43. The Bertz CT molecular complexity index is 849. The van der Waals surface area contributed by atoms with E-state index < -0.39 is 10.0 Å². The molecule has 0 unspecified atom stereocenters. The van der Waals surface area contributed by atoms with Crippen molar-refractivity contribution in [2.75, 3.05) is 6.54 Å². The second kappa shape index (κ2) is 8.01. The molecule has 2 aromatic rings. The van der Waals surface area contributed by atoms with Gasteiger partial charge in [-0.2, -0.15) is 0 Å². The molecule has 5 nitrogen and oxygen atoms in total. The summed E-state index contributed by atoms with van der Waals surface area (Å²) in [7, 11) is -3.59. The minimum Gasteiger partial charge on any atom is -0.352 e. The Morgan fingerprint density at radius 2 is 1.54 bits per heavy atom. The van der Waals surface area contributed by atoms with Crippen LogP contribution < -0.4 is 10.0 Å². The van der Waals surface area contributed by atoms with Gasteiger partial charge in [-0.3, -0.25) is 4.79 Å². The number of benzene rings is 2. The van der Waals surface area contributed by atoms with E-state index in [0.717, 1.165) is 11.1 Å². The van der Waals surface area contributed by atoms with Crippen LogP contribution in [0.4, 0.5) is 0 Å². The fourth-order valence-corrected chi connectivity index (χ4v) is 3.45. The van der Waals surface area contributed by atoms with Gasteiger partial charge in [0.2, 0.25) is 10.0 Å². The van der Waals surface area contributed by atoms with E-state index in [0.29, 0.717) is 12.1 Å². The van der Waals surface area contributed by atoms with Crippen molar-refractivity contribution in [3.63, 3.8) is 0 Å². The third kappa shape index (κ3) is 5.16. The van der Waals surface area contributed by atoms with Crippen molar-refractivity contribution >= 4 is 15.9 Å². The minimum absolute atomic E-state index is 0.0263. The van der Waals surface area contributed by atoms with Gasteiger partial charge in [-0.15, -0.1) is 0 Å². The molecule has 26 heavy (non-hydrogen) atoms. The lowest BCUT2D eigenvalue weighted by Crippen LogP contribution is -2.24. The molecule has 0 saturated carbocycles. The van der Waals surface area contributed by atoms with Crippen LogP contribution in [0.15, 0.2) is 53.4 Å². The number of carbonyl (C=O) groups excluding carboxylic acids is 1. The Morgan fingerprint density at radius 1 is 0.962 bits per heavy atom. The standard InChI is InChI=1S/C20H26N2O3S/c1-5-21-19(23)16-8-6-15(7-9-16)14-22-26(24,25)18-12-10-17(11-13-18)20(2,3)4/h6-13,22H,5,14H2,1-4H3,(H,21,23). The third-order valence-electron chi connectivity index (χ3n) is 4.05. The molecule has 0 aliphatic rings. The van der Waals surface area contributed by atoms with Crippen LogP contribution in [0.25, 0.3) is 0 Å². The zero-order valence-electron chi connectivity index (χ0n) is 15.7. The molecule has 140 valence electrons. The number of nitrogens with one attached hydrogen (secondary N) is 2. The Labute approximate surface area is 155 Å². The maximum atomic E-state index is 12.5. The van der Waals surface area contributed by atoms with Gasteiger partial charge in [0.25, 0.3) is 5.91 Å². The Morgan fingerprint density at radius 3 is 2.04 bits per heavy atom. The predicted octanol–water partition coefficient (Wildman–Crippen LogP) is 3.21. The second-order valence-electron chi connectivity index (χ2n) is 7.16. The highest BCUT2D eigenvalue weighted by Gasteiger charge is 2.17. The van der Waals surface area contributed by atoms with Crippen molar-refractivity contribution in [3.05, 3.63) is 65.2 Å². The Kier molecular flexibility index (Phi) is 6.21. The SMILES string of the molecule is CCNC(=O)c1ccc(CNS(=O)(=O)c2ccc(C(C)(C)C)cc2)cc1. The van der Waals surface area contributed by atoms with E-state index >= 15 is 0 Å². The monoisotopic (exact) mass is 374 g/mol.